The normalized spacial score (nSPS) is 11.0. The molecule has 4 heteroatoms. The van der Waals surface area contributed by atoms with Crippen LogP contribution in [-0.2, 0) is 11.2 Å². The van der Waals surface area contributed by atoms with Gasteiger partial charge < -0.3 is 5.32 Å². The number of halogens is 1. The van der Waals surface area contributed by atoms with Crippen LogP contribution in [0.4, 0.5) is 5.69 Å². The van der Waals surface area contributed by atoms with Crippen LogP contribution in [0, 0.1) is 11.3 Å². The zero-order valence-electron chi connectivity index (χ0n) is 13.6. The van der Waals surface area contributed by atoms with Crippen molar-refractivity contribution in [3.05, 3.63) is 70.3 Å². The average Bonchev–Trinajstić information content (AvgIpc) is 2.60. The Balaban J connectivity index is 2.06. The predicted molar refractivity (Wildman–Crippen MR) is 98.7 cm³/mol. The van der Waals surface area contributed by atoms with E-state index in [-0.39, 0.29) is 5.57 Å². The highest BCUT2D eigenvalue weighted by Crippen LogP contribution is 2.15. The van der Waals surface area contributed by atoms with Gasteiger partial charge in [0.2, 0.25) is 0 Å². The second-order valence-corrected chi connectivity index (χ2v) is 5.91. The van der Waals surface area contributed by atoms with Crippen molar-refractivity contribution in [2.24, 2.45) is 0 Å². The fraction of sp³-hybridized carbons (Fsp3) is 0.200. The third-order valence-corrected chi connectivity index (χ3v) is 3.83. The van der Waals surface area contributed by atoms with Crippen molar-refractivity contribution in [2.45, 2.75) is 26.2 Å². The number of hydrogen-bond acceptors (Lipinski definition) is 2. The molecule has 0 saturated carbocycles. The smallest absolute Gasteiger partial charge is 0.266 e. The molecule has 0 spiro atoms. The van der Waals surface area contributed by atoms with Gasteiger partial charge in [-0.1, -0.05) is 49.2 Å². The van der Waals surface area contributed by atoms with Crippen LogP contribution in [0.15, 0.2) is 54.1 Å². The highest BCUT2D eigenvalue weighted by molar-refractivity contribution is 6.30. The van der Waals surface area contributed by atoms with E-state index in [0.717, 1.165) is 24.8 Å². The fourth-order valence-corrected chi connectivity index (χ4v) is 2.33. The van der Waals surface area contributed by atoms with Crippen LogP contribution < -0.4 is 5.32 Å². The second-order valence-electron chi connectivity index (χ2n) is 5.48. The summed E-state index contributed by atoms with van der Waals surface area (Å²) in [5.41, 5.74) is 2.72. The number of rotatable bonds is 6. The van der Waals surface area contributed by atoms with Crippen LogP contribution in [0.3, 0.4) is 0 Å². The lowest BCUT2D eigenvalue weighted by atomic mass is 10.1. The van der Waals surface area contributed by atoms with E-state index in [0.29, 0.717) is 10.7 Å². The molecule has 0 atom stereocenters. The molecule has 24 heavy (non-hydrogen) atoms. The molecule has 0 unspecified atom stereocenters. The minimum Gasteiger partial charge on any atom is -0.321 e. The Morgan fingerprint density at radius 2 is 1.83 bits per heavy atom. The van der Waals surface area contributed by atoms with Crippen LogP contribution in [-0.4, -0.2) is 5.91 Å². The van der Waals surface area contributed by atoms with Crippen LogP contribution in [0.25, 0.3) is 6.08 Å². The Hall–Kier alpha value is -2.57. The first-order valence-electron chi connectivity index (χ1n) is 7.90. The number of carbonyl (C=O) groups is 1. The molecule has 122 valence electrons. The molecular weight excluding hydrogens is 320 g/mol. The Morgan fingerprint density at radius 1 is 1.17 bits per heavy atom. The Labute approximate surface area is 147 Å². The summed E-state index contributed by atoms with van der Waals surface area (Å²) in [7, 11) is 0. The summed E-state index contributed by atoms with van der Waals surface area (Å²) in [6.07, 6.45) is 4.87. The number of hydrogen-bond donors (Lipinski definition) is 1. The minimum absolute atomic E-state index is 0.0485. The molecule has 2 aromatic carbocycles. The number of carbonyl (C=O) groups excluding carboxylic acids is 1. The first-order valence-corrected chi connectivity index (χ1v) is 8.28. The van der Waals surface area contributed by atoms with Gasteiger partial charge in [0.15, 0.2) is 0 Å². The number of amides is 1. The molecule has 2 aromatic rings. The van der Waals surface area contributed by atoms with E-state index >= 15 is 0 Å². The maximum absolute atomic E-state index is 12.2. The third-order valence-electron chi connectivity index (χ3n) is 3.58. The second kappa shape index (κ2) is 8.90. The largest absolute Gasteiger partial charge is 0.321 e. The van der Waals surface area contributed by atoms with E-state index in [1.165, 1.54) is 5.56 Å². The highest BCUT2D eigenvalue weighted by atomic mass is 35.5. The zero-order valence-corrected chi connectivity index (χ0v) is 14.3. The maximum atomic E-state index is 12.2. The van der Waals surface area contributed by atoms with Crippen molar-refractivity contribution < 1.29 is 4.79 Å². The number of nitrogens with one attached hydrogen (secondary N) is 1. The van der Waals surface area contributed by atoms with Gasteiger partial charge in [-0.15, -0.1) is 0 Å². The molecule has 0 aromatic heterocycles. The number of aryl methyl sites for hydroxylation is 1. The molecule has 0 heterocycles. The molecule has 3 nitrogen and oxygen atoms in total. The SMILES string of the molecule is CCCCc1ccc(NC(=O)/C(C#N)=C\c2ccc(Cl)cc2)cc1. The van der Waals surface area contributed by atoms with Gasteiger partial charge in [0.05, 0.1) is 0 Å². The molecule has 0 aliphatic heterocycles. The van der Waals surface area contributed by atoms with E-state index < -0.39 is 5.91 Å². The lowest BCUT2D eigenvalue weighted by Crippen LogP contribution is -2.13. The van der Waals surface area contributed by atoms with Crippen molar-refractivity contribution in [2.75, 3.05) is 5.32 Å². The molecule has 2 rings (SSSR count). The Bertz CT molecular complexity index is 756. The molecule has 0 bridgehead atoms. The van der Waals surface area contributed by atoms with Crippen molar-refractivity contribution in [1.82, 2.24) is 0 Å². The van der Waals surface area contributed by atoms with Crippen LogP contribution in [0.1, 0.15) is 30.9 Å². The first-order chi connectivity index (χ1) is 11.6. The van der Waals surface area contributed by atoms with Gasteiger partial charge in [0.1, 0.15) is 11.6 Å². The number of nitrogens with zero attached hydrogens (tertiary/aromatic N) is 1. The lowest BCUT2D eigenvalue weighted by molar-refractivity contribution is -0.112. The molecule has 0 radical (unpaired) electrons. The Kier molecular flexibility index (Phi) is 6.60. The summed E-state index contributed by atoms with van der Waals surface area (Å²) in [6, 6.07) is 16.6. The number of nitriles is 1. The fourth-order valence-electron chi connectivity index (χ4n) is 2.21. The quantitative estimate of drug-likeness (QED) is 0.579. The van der Waals surface area contributed by atoms with E-state index in [1.54, 1.807) is 30.3 Å². The van der Waals surface area contributed by atoms with Gasteiger partial charge in [-0.25, -0.2) is 0 Å². The molecule has 0 saturated heterocycles. The van der Waals surface area contributed by atoms with Crippen molar-refractivity contribution in [3.8, 4) is 6.07 Å². The summed E-state index contributed by atoms with van der Waals surface area (Å²) >= 11 is 5.83. The van der Waals surface area contributed by atoms with E-state index in [2.05, 4.69) is 12.2 Å². The lowest BCUT2D eigenvalue weighted by Gasteiger charge is -2.06. The topological polar surface area (TPSA) is 52.9 Å². The van der Waals surface area contributed by atoms with E-state index in [4.69, 9.17) is 11.6 Å². The van der Waals surface area contributed by atoms with Crippen molar-refractivity contribution in [3.63, 3.8) is 0 Å². The zero-order chi connectivity index (χ0) is 17.4. The first kappa shape index (κ1) is 17.8. The number of benzene rings is 2. The van der Waals surface area contributed by atoms with Gasteiger partial charge in [-0.05, 0) is 54.3 Å². The molecule has 0 fully saturated rings. The minimum atomic E-state index is -0.422. The van der Waals surface area contributed by atoms with E-state index in [9.17, 15) is 10.1 Å². The summed E-state index contributed by atoms with van der Waals surface area (Å²) in [6.45, 7) is 2.16. The molecular formula is C20H19ClN2O. The summed E-state index contributed by atoms with van der Waals surface area (Å²) in [5, 5.41) is 12.6. The molecule has 1 amide bonds. The van der Waals surface area contributed by atoms with E-state index in [1.807, 2.05) is 30.3 Å². The van der Waals surface area contributed by atoms with Crippen LogP contribution in [0.2, 0.25) is 5.02 Å². The molecule has 1 N–H and O–H groups in total. The summed E-state index contributed by atoms with van der Waals surface area (Å²) in [4.78, 5) is 12.2. The molecule has 0 aliphatic rings. The predicted octanol–water partition coefficient (Wildman–Crippen LogP) is 5.23. The summed E-state index contributed by atoms with van der Waals surface area (Å²) < 4.78 is 0. The van der Waals surface area contributed by atoms with Crippen LogP contribution >= 0.6 is 11.6 Å². The third kappa shape index (κ3) is 5.26. The Morgan fingerprint density at radius 3 is 2.42 bits per heavy atom. The van der Waals surface area contributed by atoms with Gasteiger partial charge in [-0.2, -0.15) is 5.26 Å². The van der Waals surface area contributed by atoms with Crippen LogP contribution in [0.5, 0.6) is 0 Å². The number of anilines is 1. The average molecular weight is 339 g/mol. The van der Waals surface area contributed by atoms with Crippen molar-refractivity contribution in [1.29, 1.82) is 5.26 Å². The highest BCUT2D eigenvalue weighted by Gasteiger charge is 2.09. The van der Waals surface area contributed by atoms with Gasteiger partial charge in [0, 0.05) is 10.7 Å². The maximum Gasteiger partial charge on any atom is 0.266 e. The molecule has 0 aliphatic carbocycles. The number of unbranched alkanes of at least 4 members (excludes halogenated alkanes) is 1. The van der Waals surface area contributed by atoms with Gasteiger partial charge in [0.25, 0.3) is 5.91 Å². The standard InChI is InChI=1S/C20H19ClN2O/c1-2-3-4-15-7-11-19(12-8-15)23-20(24)17(14-22)13-16-5-9-18(21)10-6-16/h5-13H,2-4H2,1H3,(H,23,24)/b17-13-. The van der Waals surface area contributed by atoms with Gasteiger partial charge in [-0.3, -0.25) is 4.79 Å². The monoisotopic (exact) mass is 338 g/mol. The van der Waals surface area contributed by atoms with Crippen molar-refractivity contribution >= 4 is 29.3 Å². The summed E-state index contributed by atoms with van der Waals surface area (Å²) in [5.74, 6) is -0.422. The van der Waals surface area contributed by atoms with Gasteiger partial charge >= 0.3 is 0 Å².